The first-order valence-corrected chi connectivity index (χ1v) is 11.6. The standard InChI is InChI=1S/C23H27ClF2N4O6/c1-23(2,10-32)17-7-11(36-28-17)6-15-22(34-3)20(21(33)16(9-31)35-15)30-8-14(27-29-30)12-4-5-13(24)19(26)18(12)25/h4-5,7-8,15-16,20-22,31-33H,6,9-10H2,1-3H3/t15-,16-,20+,21+,22+/m1/s1. The minimum absolute atomic E-state index is 0.0137. The van der Waals surface area contributed by atoms with Gasteiger partial charge >= 0.3 is 0 Å². The average Bonchev–Trinajstić information content (AvgIpc) is 3.53. The number of methoxy groups -OCH3 is 1. The fourth-order valence-electron chi connectivity index (χ4n) is 4.21. The van der Waals surface area contributed by atoms with Crippen molar-refractivity contribution in [3.8, 4) is 11.3 Å². The number of aliphatic hydroxyl groups excluding tert-OH is 3. The Morgan fingerprint density at radius 3 is 2.61 bits per heavy atom. The molecular weight excluding hydrogens is 502 g/mol. The van der Waals surface area contributed by atoms with Crippen LogP contribution in [-0.2, 0) is 21.3 Å². The average molecular weight is 529 g/mol. The molecule has 10 nitrogen and oxygen atoms in total. The van der Waals surface area contributed by atoms with Crippen LogP contribution in [0.2, 0.25) is 5.02 Å². The summed E-state index contributed by atoms with van der Waals surface area (Å²) >= 11 is 5.64. The van der Waals surface area contributed by atoms with Gasteiger partial charge in [-0.3, -0.25) is 0 Å². The number of nitrogens with zero attached hydrogens (tertiary/aromatic N) is 4. The van der Waals surface area contributed by atoms with Crippen molar-refractivity contribution in [2.75, 3.05) is 20.3 Å². The zero-order valence-electron chi connectivity index (χ0n) is 19.8. The number of benzene rings is 1. The van der Waals surface area contributed by atoms with Gasteiger partial charge in [0.05, 0.1) is 36.2 Å². The molecule has 0 radical (unpaired) electrons. The molecule has 0 aliphatic carbocycles. The molecule has 3 heterocycles. The van der Waals surface area contributed by atoms with Gasteiger partial charge in [-0.2, -0.15) is 0 Å². The first-order chi connectivity index (χ1) is 17.1. The van der Waals surface area contributed by atoms with Gasteiger partial charge < -0.3 is 29.3 Å². The molecule has 13 heteroatoms. The van der Waals surface area contributed by atoms with E-state index in [1.165, 1.54) is 30.1 Å². The van der Waals surface area contributed by atoms with E-state index in [0.29, 0.717) is 11.5 Å². The predicted molar refractivity (Wildman–Crippen MR) is 122 cm³/mol. The Morgan fingerprint density at radius 2 is 1.94 bits per heavy atom. The molecule has 36 heavy (non-hydrogen) atoms. The maximum atomic E-state index is 14.5. The molecule has 0 unspecified atom stereocenters. The zero-order valence-corrected chi connectivity index (χ0v) is 20.6. The minimum atomic E-state index is -1.27. The van der Waals surface area contributed by atoms with Crippen molar-refractivity contribution in [2.24, 2.45) is 0 Å². The number of hydrogen-bond acceptors (Lipinski definition) is 9. The lowest BCUT2D eigenvalue weighted by Gasteiger charge is -2.43. The van der Waals surface area contributed by atoms with Crippen LogP contribution >= 0.6 is 11.6 Å². The Morgan fingerprint density at radius 1 is 1.19 bits per heavy atom. The van der Waals surface area contributed by atoms with Gasteiger partial charge in [0, 0.05) is 30.6 Å². The van der Waals surface area contributed by atoms with Crippen LogP contribution in [0.15, 0.2) is 28.9 Å². The maximum absolute atomic E-state index is 14.5. The molecule has 1 aliphatic rings. The van der Waals surface area contributed by atoms with Crippen molar-refractivity contribution in [1.82, 2.24) is 20.2 Å². The highest BCUT2D eigenvalue weighted by atomic mass is 35.5. The number of halogens is 3. The van der Waals surface area contributed by atoms with Gasteiger partial charge in [0.25, 0.3) is 0 Å². The van der Waals surface area contributed by atoms with Crippen molar-refractivity contribution in [2.45, 2.75) is 56.1 Å². The second-order valence-electron chi connectivity index (χ2n) is 9.31. The van der Waals surface area contributed by atoms with Crippen molar-refractivity contribution in [3.63, 3.8) is 0 Å². The quantitative estimate of drug-likeness (QED) is 0.375. The molecule has 196 valence electrons. The number of aromatic nitrogens is 4. The number of ether oxygens (including phenoxy) is 2. The van der Waals surface area contributed by atoms with Crippen molar-refractivity contribution < 1.29 is 38.1 Å². The van der Waals surface area contributed by atoms with Crippen LogP contribution < -0.4 is 0 Å². The van der Waals surface area contributed by atoms with E-state index in [1.54, 1.807) is 6.07 Å². The van der Waals surface area contributed by atoms with Crippen LogP contribution in [0.4, 0.5) is 8.78 Å². The molecule has 3 N–H and O–H groups in total. The Balaban J connectivity index is 1.65. The highest BCUT2D eigenvalue weighted by Gasteiger charge is 2.47. The molecule has 0 saturated carbocycles. The van der Waals surface area contributed by atoms with E-state index in [-0.39, 0.29) is 29.3 Å². The molecule has 1 fully saturated rings. The van der Waals surface area contributed by atoms with E-state index in [2.05, 4.69) is 15.5 Å². The molecule has 5 atom stereocenters. The summed E-state index contributed by atoms with van der Waals surface area (Å²) in [5, 5.41) is 42.0. The van der Waals surface area contributed by atoms with E-state index in [9.17, 15) is 24.1 Å². The van der Waals surface area contributed by atoms with E-state index in [0.717, 1.165) is 0 Å². The summed E-state index contributed by atoms with van der Waals surface area (Å²) in [5.74, 6) is -1.94. The van der Waals surface area contributed by atoms with Crippen molar-refractivity contribution in [1.29, 1.82) is 0 Å². The Kier molecular flexibility index (Phi) is 7.74. The highest BCUT2D eigenvalue weighted by Crippen LogP contribution is 2.35. The number of hydrogen-bond donors (Lipinski definition) is 3. The lowest BCUT2D eigenvalue weighted by molar-refractivity contribution is -0.212. The number of aliphatic hydroxyl groups is 3. The van der Waals surface area contributed by atoms with E-state index >= 15 is 0 Å². The molecule has 1 aliphatic heterocycles. The second-order valence-corrected chi connectivity index (χ2v) is 9.72. The van der Waals surface area contributed by atoms with Gasteiger partial charge in [0.15, 0.2) is 11.6 Å². The van der Waals surface area contributed by atoms with Crippen LogP contribution in [-0.4, -0.2) is 80.2 Å². The zero-order chi connectivity index (χ0) is 26.2. The SMILES string of the molecule is CO[C@@H]1[C@@H](n2cc(-c3ccc(Cl)c(F)c3F)nn2)[C@@H](O)[C@@H](CO)O[C@@H]1Cc1cc(C(C)(C)CO)no1. The summed E-state index contributed by atoms with van der Waals surface area (Å²) in [4.78, 5) is 0. The summed E-state index contributed by atoms with van der Waals surface area (Å²) in [6, 6.07) is 3.28. The molecule has 4 rings (SSSR count). The van der Waals surface area contributed by atoms with E-state index in [4.69, 9.17) is 25.6 Å². The minimum Gasteiger partial charge on any atom is -0.395 e. The normalized spacial score (nSPS) is 24.9. The number of rotatable bonds is 8. The topological polar surface area (TPSA) is 136 Å². The summed E-state index contributed by atoms with van der Waals surface area (Å²) in [6.07, 6.45) is -2.26. The van der Waals surface area contributed by atoms with Gasteiger partial charge in [-0.25, -0.2) is 13.5 Å². The van der Waals surface area contributed by atoms with Crippen LogP contribution in [0, 0.1) is 11.6 Å². The fraction of sp³-hybridized carbons (Fsp3) is 0.522. The smallest absolute Gasteiger partial charge is 0.178 e. The highest BCUT2D eigenvalue weighted by molar-refractivity contribution is 6.30. The van der Waals surface area contributed by atoms with Crippen LogP contribution in [0.5, 0.6) is 0 Å². The van der Waals surface area contributed by atoms with Crippen LogP contribution in [0.3, 0.4) is 0 Å². The first kappa shape index (κ1) is 26.6. The fourth-order valence-corrected chi connectivity index (χ4v) is 4.35. The maximum Gasteiger partial charge on any atom is 0.178 e. The third-order valence-corrected chi connectivity index (χ3v) is 6.70. The summed E-state index contributed by atoms with van der Waals surface area (Å²) in [7, 11) is 1.42. The van der Waals surface area contributed by atoms with Gasteiger partial charge in [-0.1, -0.05) is 35.8 Å². The Hall–Kier alpha value is -2.48. The van der Waals surface area contributed by atoms with E-state index < -0.39 is 54.1 Å². The Labute approximate surface area is 210 Å². The molecule has 3 aromatic rings. The summed E-state index contributed by atoms with van der Waals surface area (Å²) in [6.45, 7) is 3.00. The summed E-state index contributed by atoms with van der Waals surface area (Å²) in [5.41, 5.74) is -0.205. The van der Waals surface area contributed by atoms with Gasteiger partial charge in [-0.15, -0.1) is 5.10 Å². The monoisotopic (exact) mass is 528 g/mol. The third kappa shape index (κ3) is 4.89. The van der Waals surface area contributed by atoms with Crippen molar-refractivity contribution >= 4 is 11.6 Å². The third-order valence-electron chi connectivity index (χ3n) is 6.41. The largest absolute Gasteiger partial charge is 0.395 e. The molecule has 1 saturated heterocycles. The molecule has 0 amide bonds. The lowest BCUT2D eigenvalue weighted by atomic mass is 9.88. The van der Waals surface area contributed by atoms with Gasteiger partial charge in [0.2, 0.25) is 0 Å². The second kappa shape index (κ2) is 10.5. The van der Waals surface area contributed by atoms with Gasteiger partial charge in [0.1, 0.15) is 35.8 Å². The summed E-state index contributed by atoms with van der Waals surface area (Å²) < 4.78 is 46.7. The van der Waals surface area contributed by atoms with Crippen LogP contribution in [0.1, 0.15) is 31.3 Å². The molecule has 0 spiro atoms. The first-order valence-electron chi connectivity index (χ1n) is 11.2. The molecule has 0 bridgehead atoms. The molecular formula is C23H27ClF2N4O6. The van der Waals surface area contributed by atoms with E-state index in [1.807, 2.05) is 13.8 Å². The van der Waals surface area contributed by atoms with Crippen LogP contribution in [0.25, 0.3) is 11.3 Å². The lowest BCUT2D eigenvalue weighted by Crippen LogP contribution is -2.57. The predicted octanol–water partition coefficient (Wildman–Crippen LogP) is 2.05. The molecule has 2 aromatic heterocycles. The van der Waals surface area contributed by atoms with Crippen molar-refractivity contribution in [3.05, 3.63) is 52.5 Å². The Bertz CT molecular complexity index is 1210. The molecule has 1 aromatic carbocycles. The van der Waals surface area contributed by atoms with Gasteiger partial charge in [-0.05, 0) is 12.1 Å².